The Morgan fingerprint density at radius 2 is 1.67 bits per heavy atom. The van der Waals surface area contributed by atoms with Crippen molar-refractivity contribution in [3.05, 3.63) is 81.2 Å². The first-order valence-electron chi connectivity index (χ1n) is 18.7. The minimum Gasteiger partial charge on any atom is -0.494 e. The molecule has 0 radical (unpaired) electrons. The van der Waals surface area contributed by atoms with Crippen LogP contribution in [0.5, 0.6) is 11.5 Å². The molecule has 4 aliphatic heterocycles. The van der Waals surface area contributed by atoms with Crippen molar-refractivity contribution in [2.24, 2.45) is 0 Å². The number of amides is 4. The molecule has 5 heterocycles. The van der Waals surface area contributed by atoms with E-state index in [1.165, 1.54) is 18.0 Å². The molecule has 1 unspecified atom stereocenters. The van der Waals surface area contributed by atoms with Crippen molar-refractivity contribution in [3.63, 3.8) is 0 Å². The fourth-order valence-electron chi connectivity index (χ4n) is 7.73. The Kier molecular flexibility index (Phi) is 10.4. The monoisotopic (exact) mass is 755 g/mol. The van der Waals surface area contributed by atoms with Crippen LogP contribution in [-0.4, -0.2) is 93.9 Å². The molecular weight excluding hydrogens is 715 g/mol. The molecule has 1 N–H and O–H groups in total. The highest BCUT2D eigenvalue weighted by Gasteiger charge is 2.44. The van der Waals surface area contributed by atoms with Crippen LogP contribution >= 0.6 is 11.8 Å². The van der Waals surface area contributed by atoms with E-state index in [4.69, 9.17) is 14.2 Å². The van der Waals surface area contributed by atoms with E-state index in [1.54, 1.807) is 24.3 Å². The number of aromatic nitrogens is 1. The van der Waals surface area contributed by atoms with Gasteiger partial charge in [0, 0.05) is 54.6 Å². The molecule has 1 saturated carbocycles. The van der Waals surface area contributed by atoms with Gasteiger partial charge in [-0.25, -0.2) is 0 Å². The quantitative estimate of drug-likeness (QED) is 0.0832. The van der Waals surface area contributed by atoms with Crippen molar-refractivity contribution >= 4 is 41.1 Å². The number of hydrogen-bond acceptors (Lipinski definition) is 12. The number of rotatable bonds is 13. The molecule has 4 amide bonds. The lowest BCUT2D eigenvalue weighted by atomic mass is 9.91. The lowest BCUT2D eigenvalue weighted by Crippen LogP contribution is -2.54. The molecule has 0 bridgehead atoms. The predicted molar refractivity (Wildman–Crippen MR) is 195 cm³/mol. The van der Waals surface area contributed by atoms with Gasteiger partial charge >= 0.3 is 0 Å². The minimum absolute atomic E-state index is 0.00203. The molecular formula is C39H41N5O9S. The third-order valence-electron chi connectivity index (χ3n) is 10.8. The molecule has 1 aromatic heterocycles. The van der Waals surface area contributed by atoms with Crippen molar-refractivity contribution in [3.8, 4) is 11.5 Å². The maximum absolute atomic E-state index is 13.1. The number of nitro groups is 1. The summed E-state index contributed by atoms with van der Waals surface area (Å²) in [5, 5.41) is 13.4. The normalized spacial score (nSPS) is 22.6. The summed E-state index contributed by atoms with van der Waals surface area (Å²) in [4.78, 5) is 70.2. The number of carbonyl (C=O) groups is 4. The van der Waals surface area contributed by atoms with Crippen LogP contribution in [0.15, 0.2) is 58.5 Å². The molecule has 3 aromatic rings. The number of piperidine rings is 2. The van der Waals surface area contributed by atoms with E-state index in [1.807, 2.05) is 12.1 Å². The van der Waals surface area contributed by atoms with E-state index in [9.17, 15) is 29.3 Å². The third kappa shape index (κ3) is 7.70. The number of nitrogens with one attached hydrogen (secondary N) is 1. The zero-order valence-electron chi connectivity index (χ0n) is 29.7. The molecule has 282 valence electrons. The minimum atomic E-state index is -0.987. The number of imide groups is 2. The summed E-state index contributed by atoms with van der Waals surface area (Å²) in [6, 6.07) is 11.5. The number of carbonyl (C=O) groups excluding carboxylic acids is 4. The SMILES string of the molecule is O=C1CCC(N2C(=O)c3ccc(OCCCCCN4CCC(OC5CC(Oc6ccc7c(c6)Sc6cc([N+](=O)[O-])cnc6C7)C5)CC4)cc3C2=O)C(=O)N1. The van der Waals surface area contributed by atoms with E-state index in [2.05, 4.69) is 21.3 Å². The average molecular weight is 756 g/mol. The van der Waals surface area contributed by atoms with Crippen molar-refractivity contribution < 1.29 is 38.3 Å². The van der Waals surface area contributed by atoms with Crippen LogP contribution in [0.25, 0.3) is 0 Å². The number of fused-ring (bicyclic) bond motifs is 3. The largest absolute Gasteiger partial charge is 0.494 e. The molecule has 2 saturated heterocycles. The van der Waals surface area contributed by atoms with Crippen LogP contribution in [0.3, 0.4) is 0 Å². The first-order chi connectivity index (χ1) is 26.2. The number of pyridine rings is 1. The highest BCUT2D eigenvalue weighted by molar-refractivity contribution is 7.99. The molecule has 15 heteroatoms. The molecule has 1 aliphatic carbocycles. The van der Waals surface area contributed by atoms with E-state index in [-0.39, 0.29) is 48.0 Å². The molecule has 8 rings (SSSR count). The van der Waals surface area contributed by atoms with Gasteiger partial charge in [-0.15, -0.1) is 0 Å². The third-order valence-corrected chi connectivity index (χ3v) is 12.0. The first-order valence-corrected chi connectivity index (χ1v) is 19.5. The molecule has 3 fully saturated rings. The predicted octanol–water partition coefficient (Wildman–Crippen LogP) is 5.09. The van der Waals surface area contributed by atoms with Gasteiger partial charge in [-0.1, -0.05) is 17.8 Å². The number of benzene rings is 2. The Labute approximate surface area is 316 Å². The summed E-state index contributed by atoms with van der Waals surface area (Å²) in [5.41, 5.74) is 2.46. The summed E-state index contributed by atoms with van der Waals surface area (Å²) >= 11 is 1.50. The van der Waals surface area contributed by atoms with E-state index < -0.39 is 34.6 Å². The zero-order valence-corrected chi connectivity index (χ0v) is 30.5. The molecule has 1 atom stereocenters. The van der Waals surface area contributed by atoms with Crippen LogP contribution in [0.2, 0.25) is 0 Å². The molecule has 0 spiro atoms. The molecule has 14 nitrogen and oxygen atoms in total. The van der Waals surface area contributed by atoms with Crippen molar-refractivity contribution in [2.75, 3.05) is 26.2 Å². The number of unbranched alkanes of at least 4 members (excludes halogenated alkanes) is 2. The van der Waals surface area contributed by atoms with Crippen molar-refractivity contribution in [2.45, 2.75) is 98.4 Å². The Bertz CT molecular complexity index is 1990. The Hall–Kier alpha value is -4.86. The summed E-state index contributed by atoms with van der Waals surface area (Å²) in [7, 11) is 0. The molecule has 2 aromatic carbocycles. The van der Waals surface area contributed by atoms with Crippen LogP contribution in [0.1, 0.15) is 89.8 Å². The lowest BCUT2D eigenvalue weighted by Gasteiger charge is -2.40. The van der Waals surface area contributed by atoms with Crippen LogP contribution in [-0.2, 0) is 20.7 Å². The standard InChI is InChI=1S/C39H41N5O9S/c45-36-9-8-33(37(46)41-36)43-38(47)30-7-6-26(20-31(30)39(43)48)51-15-3-1-2-12-42-13-10-25(11-14-42)52-28-18-29(19-28)53-27-5-4-23-16-32-35(54-34(23)21-27)17-24(22-40-32)44(49)50/h4-7,17,20-22,25,28-29,33H,1-3,8-16,18-19H2,(H,41,45,46). The lowest BCUT2D eigenvalue weighted by molar-refractivity contribution is -0.385. The average Bonchev–Trinajstić information content (AvgIpc) is 3.39. The topological polar surface area (TPSA) is 171 Å². The van der Waals surface area contributed by atoms with Gasteiger partial charge in [0.25, 0.3) is 17.5 Å². The second kappa shape index (κ2) is 15.5. The van der Waals surface area contributed by atoms with Crippen LogP contribution < -0.4 is 14.8 Å². The van der Waals surface area contributed by atoms with Gasteiger partial charge < -0.3 is 19.1 Å². The van der Waals surface area contributed by atoms with Gasteiger partial charge in [-0.3, -0.25) is 44.5 Å². The smallest absolute Gasteiger partial charge is 0.288 e. The summed E-state index contributed by atoms with van der Waals surface area (Å²) in [6.07, 6.45) is 9.45. The van der Waals surface area contributed by atoms with Crippen molar-refractivity contribution in [1.29, 1.82) is 0 Å². The van der Waals surface area contributed by atoms with Crippen LogP contribution in [0, 0.1) is 10.1 Å². The van der Waals surface area contributed by atoms with Gasteiger partial charge in [0.1, 0.15) is 29.8 Å². The van der Waals surface area contributed by atoms with Crippen LogP contribution in [0.4, 0.5) is 5.69 Å². The number of hydrogen-bond donors (Lipinski definition) is 1. The number of nitrogens with zero attached hydrogens (tertiary/aromatic N) is 4. The highest BCUT2D eigenvalue weighted by Crippen LogP contribution is 2.42. The zero-order chi connectivity index (χ0) is 37.3. The van der Waals surface area contributed by atoms with Gasteiger partial charge in [0.2, 0.25) is 11.8 Å². The molecule has 5 aliphatic rings. The Morgan fingerprint density at radius 1 is 0.870 bits per heavy atom. The van der Waals surface area contributed by atoms with E-state index in [0.29, 0.717) is 18.8 Å². The fraction of sp³-hybridized carbons (Fsp3) is 0.462. The van der Waals surface area contributed by atoms with E-state index >= 15 is 0 Å². The fourth-order valence-corrected chi connectivity index (χ4v) is 8.84. The summed E-state index contributed by atoms with van der Waals surface area (Å²) in [5.74, 6) is -0.784. The Balaban J connectivity index is 0.696. The number of likely N-dealkylation sites (tertiary alicyclic amines) is 1. The van der Waals surface area contributed by atoms with Crippen molar-refractivity contribution in [1.82, 2.24) is 20.1 Å². The van der Waals surface area contributed by atoms with Gasteiger partial charge in [0.15, 0.2) is 0 Å². The second-order valence-corrected chi connectivity index (χ2v) is 15.6. The first kappa shape index (κ1) is 36.1. The maximum Gasteiger partial charge on any atom is 0.288 e. The summed E-state index contributed by atoms with van der Waals surface area (Å²) in [6.45, 7) is 3.54. The molecule has 54 heavy (non-hydrogen) atoms. The summed E-state index contributed by atoms with van der Waals surface area (Å²) < 4.78 is 18.6. The second-order valence-electron chi connectivity index (χ2n) is 14.5. The Morgan fingerprint density at radius 3 is 2.46 bits per heavy atom. The van der Waals surface area contributed by atoms with Gasteiger partial charge in [-0.05, 0) is 81.0 Å². The maximum atomic E-state index is 13.1. The van der Waals surface area contributed by atoms with Gasteiger partial charge in [0.05, 0.1) is 40.6 Å². The number of ether oxygens (including phenoxy) is 3. The highest BCUT2D eigenvalue weighted by atomic mass is 32.2. The van der Waals surface area contributed by atoms with E-state index in [0.717, 1.165) is 96.3 Å². The van der Waals surface area contributed by atoms with Gasteiger partial charge in [-0.2, -0.15) is 0 Å².